The third-order valence-electron chi connectivity index (χ3n) is 4.29. The molecule has 2 aliphatic rings. The molecule has 0 spiro atoms. The number of fused-ring (bicyclic) bond motifs is 3. The molecule has 0 bridgehead atoms. The quantitative estimate of drug-likeness (QED) is 0.804. The van der Waals surface area contributed by atoms with Crippen LogP contribution in [0.1, 0.15) is 29.8 Å². The fraction of sp³-hybridized carbons (Fsp3) is 0.267. The van der Waals surface area contributed by atoms with Gasteiger partial charge in [0.25, 0.3) is 15.9 Å². The third-order valence-corrected chi connectivity index (χ3v) is 6.39. The highest BCUT2D eigenvalue weighted by Gasteiger charge is 2.43. The number of carbonyl (C=O) groups excluding carboxylic acids is 1. The van der Waals surface area contributed by atoms with E-state index < -0.39 is 15.9 Å². The minimum Gasteiger partial charge on any atom is -0.311 e. The van der Waals surface area contributed by atoms with Crippen molar-refractivity contribution in [3.63, 3.8) is 0 Å². The van der Waals surface area contributed by atoms with Crippen LogP contribution < -0.4 is 0 Å². The van der Waals surface area contributed by atoms with Crippen LogP contribution in [0.4, 0.5) is 0 Å². The molecule has 1 saturated carbocycles. The zero-order valence-corrected chi connectivity index (χ0v) is 13.1. The predicted octanol–water partition coefficient (Wildman–Crippen LogP) is 2.83. The molecule has 1 aromatic carbocycles. The lowest BCUT2D eigenvalue weighted by Gasteiger charge is -2.35. The summed E-state index contributed by atoms with van der Waals surface area (Å²) in [6, 6.07) is 7.81. The number of hydrogen-bond acceptors (Lipinski definition) is 3. The number of aromatic nitrogens is 1. The number of benzene rings is 1. The fourth-order valence-corrected chi connectivity index (χ4v) is 5.04. The van der Waals surface area contributed by atoms with Gasteiger partial charge in [0.05, 0.1) is 5.69 Å². The summed E-state index contributed by atoms with van der Waals surface area (Å²) in [4.78, 5) is 12.9. The maximum Gasteiger partial charge on any atom is 0.284 e. The number of sulfonamides is 1. The molecule has 4 rings (SSSR count). The first kappa shape index (κ1) is 13.8. The molecular formula is C15H13ClN2O3S. The van der Waals surface area contributed by atoms with E-state index in [1.807, 2.05) is 0 Å². The van der Waals surface area contributed by atoms with Crippen molar-refractivity contribution in [3.8, 4) is 5.69 Å². The molecule has 22 heavy (non-hydrogen) atoms. The Labute approximate surface area is 133 Å². The Bertz CT molecular complexity index is 884. The molecule has 5 nitrogen and oxygen atoms in total. The van der Waals surface area contributed by atoms with Gasteiger partial charge in [0, 0.05) is 17.3 Å². The van der Waals surface area contributed by atoms with E-state index in [2.05, 4.69) is 0 Å². The van der Waals surface area contributed by atoms with Gasteiger partial charge in [0.1, 0.15) is 10.6 Å². The van der Waals surface area contributed by atoms with Crippen molar-refractivity contribution in [1.82, 2.24) is 8.87 Å². The first-order valence-corrected chi connectivity index (χ1v) is 8.88. The second-order valence-corrected chi connectivity index (χ2v) is 7.79. The lowest BCUT2D eigenvalue weighted by molar-refractivity contribution is 0.0764. The van der Waals surface area contributed by atoms with E-state index in [4.69, 9.17) is 11.6 Å². The van der Waals surface area contributed by atoms with Gasteiger partial charge in [0.2, 0.25) is 0 Å². The van der Waals surface area contributed by atoms with Gasteiger partial charge >= 0.3 is 0 Å². The minimum absolute atomic E-state index is 0.0789. The summed E-state index contributed by atoms with van der Waals surface area (Å²) >= 11 is 5.99. The summed E-state index contributed by atoms with van der Waals surface area (Å²) in [5, 5.41) is 0.332. The largest absolute Gasteiger partial charge is 0.311 e. The standard InChI is InChI=1S/C15H13ClN2O3S/c16-10-6-7-12-14(9-10)22(20,21)18(11-3-1-4-11)15(19)13-5-2-8-17(12)13/h2,5-9,11H,1,3-4H2. The van der Waals surface area contributed by atoms with E-state index in [-0.39, 0.29) is 10.9 Å². The van der Waals surface area contributed by atoms with Gasteiger partial charge in [-0.3, -0.25) is 4.79 Å². The van der Waals surface area contributed by atoms with Crippen molar-refractivity contribution in [2.75, 3.05) is 0 Å². The Hall–Kier alpha value is -1.79. The van der Waals surface area contributed by atoms with E-state index in [1.165, 1.54) is 6.07 Å². The van der Waals surface area contributed by atoms with Gasteiger partial charge in [-0.05, 0) is 49.6 Å². The number of carbonyl (C=O) groups is 1. The number of halogens is 1. The third kappa shape index (κ3) is 1.77. The lowest BCUT2D eigenvalue weighted by Crippen LogP contribution is -2.47. The van der Waals surface area contributed by atoms with Crippen LogP contribution in [0.25, 0.3) is 5.69 Å². The van der Waals surface area contributed by atoms with Crippen molar-refractivity contribution < 1.29 is 13.2 Å². The van der Waals surface area contributed by atoms with Crippen LogP contribution >= 0.6 is 11.6 Å². The van der Waals surface area contributed by atoms with Crippen molar-refractivity contribution in [2.45, 2.75) is 30.2 Å². The highest BCUT2D eigenvalue weighted by Crippen LogP contribution is 2.37. The Morgan fingerprint density at radius 3 is 2.64 bits per heavy atom. The molecule has 0 unspecified atom stereocenters. The van der Waals surface area contributed by atoms with Crippen molar-refractivity contribution in [2.24, 2.45) is 0 Å². The number of amides is 1. The van der Waals surface area contributed by atoms with Crippen LogP contribution in [-0.4, -0.2) is 29.2 Å². The second-order valence-electron chi connectivity index (χ2n) is 5.57. The smallest absolute Gasteiger partial charge is 0.284 e. The summed E-state index contributed by atoms with van der Waals surface area (Å²) < 4.78 is 28.7. The van der Waals surface area contributed by atoms with E-state index in [0.29, 0.717) is 29.2 Å². The highest BCUT2D eigenvalue weighted by atomic mass is 35.5. The normalized spacial score (nSPS) is 20.0. The van der Waals surface area contributed by atoms with Crippen LogP contribution in [0.5, 0.6) is 0 Å². The maximum atomic E-state index is 13.0. The Morgan fingerprint density at radius 1 is 1.18 bits per heavy atom. The molecule has 0 radical (unpaired) electrons. The molecule has 0 atom stereocenters. The van der Waals surface area contributed by atoms with Crippen LogP contribution in [0.2, 0.25) is 5.02 Å². The number of nitrogens with zero attached hydrogens (tertiary/aromatic N) is 2. The Kier molecular flexibility index (Phi) is 2.90. The summed E-state index contributed by atoms with van der Waals surface area (Å²) in [5.74, 6) is -0.470. The van der Waals surface area contributed by atoms with Gasteiger partial charge in [-0.2, -0.15) is 0 Å². The van der Waals surface area contributed by atoms with Crippen molar-refractivity contribution in [3.05, 3.63) is 47.2 Å². The molecule has 0 N–H and O–H groups in total. The monoisotopic (exact) mass is 336 g/mol. The number of hydrogen-bond donors (Lipinski definition) is 0. The molecule has 1 amide bonds. The maximum absolute atomic E-state index is 13.0. The topological polar surface area (TPSA) is 59.4 Å². The SMILES string of the molecule is O=C1c2cccn2-c2ccc(Cl)cc2S(=O)(=O)N1C1CCC1. The highest BCUT2D eigenvalue weighted by molar-refractivity contribution is 7.89. The first-order chi connectivity index (χ1) is 10.5. The average molecular weight is 337 g/mol. The predicted molar refractivity (Wildman–Crippen MR) is 81.8 cm³/mol. The van der Waals surface area contributed by atoms with E-state index in [1.54, 1.807) is 35.0 Å². The van der Waals surface area contributed by atoms with Crippen LogP contribution in [0.15, 0.2) is 41.4 Å². The Balaban J connectivity index is 2.05. The van der Waals surface area contributed by atoms with Crippen molar-refractivity contribution in [1.29, 1.82) is 0 Å². The fourth-order valence-electron chi connectivity index (χ4n) is 2.97. The second kappa shape index (κ2) is 4.60. The molecular weight excluding hydrogens is 324 g/mol. The summed E-state index contributed by atoms with van der Waals surface area (Å²) in [6.45, 7) is 0. The van der Waals surface area contributed by atoms with E-state index in [9.17, 15) is 13.2 Å². The van der Waals surface area contributed by atoms with Gasteiger partial charge in [-0.15, -0.1) is 0 Å². The molecule has 1 aliphatic carbocycles. The number of rotatable bonds is 1. The lowest BCUT2D eigenvalue weighted by atomic mass is 9.93. The van der Waals surface area contributed by atoms with Gasteiger partial charge in [-0.25, -0.2) is 12.7 Å². The zero-order chi connectivity index (χ0) is 15.5. The first-order valence-electron chi connectivity index (χ1n) is 7.06. The zero-order valence-electron chi connectivity index (χ0n) is 11.6. The molecule has 114 valence electrons. The average Bonchev–Trinajstić information content (AvgIpc) is 2.88. The Morgan fingerprint density at radius 2 is 1.95 bits per heavy atom. The van der Waals surface area contributed by atoms with E-state index in [0.717, 1.165) is 10.7 Å². The van der Waals surface area contributed by atoms with Crippen molar-refractivity contribution >= 4 is 27.5 Å². The van der Waals surface area contributed by atoms with Crippen LogP contribution in [0.3, 0.4) is 0 Å². The van der Waals surface area contributed by atoms with Crippen LogP contribution in [0, 0.1) is 0 Å². The molecule has 1 aliphatic heterocycles. The molecule has 0 saturated heterocycles. The minimum atomic E-state index is -3.91. The summed E-state index contributed by atoms with van der Waals surface area (Å²) in [5.41, 5.74) is 0.816. The van der Waals surface area contributed by atoms with Gasteiger partial charge < -0.3 is 4.57 Å². The van der Waals surface area contributed by atoms with Gasteiger partial charge in [0.15, 0.2) is 0 Å². The van der Waals surface area contributed by atoms with E-state index >= 15 is 0 Å². The molecule has 7 heteroatoms. The van der Waals surface area contributed by atoms with Gasteiger partial charge in [-0.1, -0.05) is 11.6 Å². The summed E-state index contributed by atoms with van der Waals surface area (Å²) in [6.07, 6.45) is 4.05. The molecule has 2 heterocycles. The molecule has 1 fully saturated rings. The summed E-state index contributed by atoms with van der Waals surface area (Å²) in [7, 11) is -3.91. The van der Waals surface area contributed by atoms with Crippen LogP contribution in [-0.2, 0) is 10.0 Å². The molecule has 2 aromatic rings. The molecule has 1 aromatic heterocycles.